The summed E-state index contributed by atoms with van der Waals surface area (Å²) >= 11 is 0. The second-order valence-electron chi connectivity index (χ2n) is 7.91. The average molecular weight is 454 g/mol. The number of tetrazole rings is 1. The fourth-order valence-corrected chi connectivity index (χ4v) is 4.18. The maximum absolute atomic E-state index is 12.8. The molecule has 2 N–H and O–H groups in total. The monoisotopic (exact) mass is 454 g/mol. The minimum atomic E-state index is -0.375. The van der Waals surface area contributed by atoms with Gasteiger partial charge in [-0.25, -0.2) is 10.1 Å². The molecule has 0 saturated heterocycles. The van der Waals surface area contributed by atoms with Crippen molar-refractivity contribution in [1.29, 1.82) is 0 Å². The molecule has 0 aliphatic rings. The van der Waals surface area contributed by atoms with Gasteiger partial charge in [0.05, 0.1) is 6.54 Å². The number of hydrogen-bond acceptors (Lipinski definition) is 7. The summed E-state index contributed by atoms with van der Waals surface area (Å²) in [6.45, 7) is 2.50. The van der Waals surface area contributed by atoms with Crippen molar-refractivity contribution in [3.05, 3.63) is 76.0 Å². The number of aldehydes is 1. The van der Waals surface area contributed by atoms with E-state index in [0.717, 1.165) is 40.9 Å². The number of nitrogens with zero attached hydrogens (tertiary/aromatic N) is 6. The SMILES string of the molecule is CCCCc1nc2c(C=O)n[nH]c(=O)c2n1Cc1ccccc1-c1ccccc1-c1nn[nH]n1. The van der Waals surface area contributed by atoms with Crippen molar-refractivity contribution in [3.8, 4) is 22.5 Å². The van der Waals surface area contributed by atoms with Gasteiger partial charge in [0.2, 0.25) is 5.82 Å². The van der Waals surface area contributed by atoms with Crippen molar-refractivity contribution in [1.82, 2.24) is 40.4 Å². The number of rotatable bonds is 8. The van der Waals surface area contributed by atoms with Gasteiger partial charge >= 0.3 is 0 Å². The zero-order valence-corrected chi connectivity index (χ0v) is 18.5. The number of imidazole rings is 1. The van der Waals surface area contributed by atoms with Crippen LogP contribution >= 0.6 is 0 Å². The van der Waals surface area contributed by atoms with Gasteiger partial charge in [-0.15, -0.1) is 10.2 Å². The summed E-state index contributed by atoms with van der Waals surface area (Å²) < 4.78 is 1.90. The average Bonchev–Trinajstić information content (AvgIpc) is 3.53. The third-order valence-electron chi connectivity index (χ3n) is 5.80. The lowest BCUT2D eigenvalue weighted by atomic mass is 9.95. The minimum Gasteiger partial charge on any atom is -0.319 e. The standard InChI is InChI=1S/C24H22N8O2/c1-2-3-12-20-25-21-19(14-33)26-29-24(34)22(21)32(20)13-15-8-4-5-9-16(15)17-10-6-7-11-18(17)23-27-30-31-28-23/h4-11,14H,2-3,12-13H2,1H3,(H,29,34)(H,27,28,30,31). The lowest BCUT2D eigenvalue weighted by Gasteiger charge is -2.15. The van der Waals surface area contributed by atoms with E-state index in [-0.39, 0.29) is 11.3 Å². The fourth-order valence-electron chi connectivity index (χ4n) is 4.18. The van der Waals surface area contributed by atoms with E-state index < -0.39 is 0 Å². The molecule has 0 spiro atoms. The molecule has 3 heterocycles. The Bertz CT molecular complexity index is 1520. The van der Waals surface area contributed by atoms with Crippen LogP contribution in [-0.2, 0) is 13.0 Å². The minimum absolute atomic E-state index is 0.127. The van der Waals surface area contributed by atoms with Crippen molar-refractivity contribution < 1.29 is 4.79 Å². The summed E-state index contributed by atoms with van der Waals surface area (Å²) in [4.78, 5) is 29.0. The third kappa shape index (κ3) is 3.79. The van der Waals surface area contributed by atoms with Gasteiger partial charge in [-0.1, -0.05) is 61.9 Å². The molecular formula is C24H22N8O2. The first kappa shape index (κ1) is 21.4. The number of hydrogen-bond donors (Lipinski definition) is 2. The highest BCUT2D eigenvalue weighted by molar-refractivity contribution is 5.91. The quantitative estimate of drug-likeness (QED) is 0.344. The molecule has 0 amide bonds. The number of fused-ring (bicyclic) bond motifs is 1. The van der Waals surface area contributed by atoms with Crippen LogP contribution in [-0.4, -0.2) is 46.7 Å². The first-order valence-corrected chi connectivity index (χ1v) is 11.0. The van der Waals surface area contributed by atoms with Crippen LogP contribution in [0.3, 0.4) is 0 Å². The summed E-state index contributed by atoms with van der Waals surface area (Å²) in [6, 6.07) is 15.8. The molecule has 0 bridgehead atoms. The molecular weight excluding hydrogens is 432 g/mol. The normalized spacial score (nSPS) is 11.2. The van der Waals surface area contributed by atoms with Gasteiger partial charge < -0.3 is 4.57 Å². The van der Waals surface area contributed by atoms with E-state index in [1.165, 1.54) is 0 Å². The molecule has 5 aromatic rings. The Morgan fingerprint density at radius 1 is 1.00 bits per heavy atom. The molecule has 170 valence electrons. The second-order valence-corrected chi connectivity index (χ2v) is 7.91. The molecule has 0 saturated carbocycles. The molecule has 0 radical (unpaired) electrons. The summed E-state index contributed by atoms with van der Waals surface area (Å²) in [6.07, 6.45) is 3.19. The maximum atomic E-state index is 12.8. The number of H-pyrrole nitrogens is 2. The predicted molar refractivity (Wildman–Crippen MR) is 126 cm³/mol. The summed E-state index contributed by atoms with van der Waals surface area (Å²) in [7, 11) is 0. The van der Waals surface area contributed by atoms with E-state index in [1.54, 1.807) is 0 Å². The Hall–Kier alpha value is -4.47. The molecule has 0 fully saturated rings. The van der Waals surface area contributed by atoms with E-state index >= 15 is 0 Å². The topological polar surface area (TPSA) is 135 Å². The van der Waals surface area contributed by atoms with E-state index in [9.17, 15) is 9.59 Å². The van der Waals surface area contributed by atoms with E-state index in [1.807, 2.05) is 53.1 Å². The molecule has 3 aromatic heterocycles. The van der Waals surface area contributed by atoms with E-state index in [4.69, 9.17) is 0 Å². The molecule has 0 atom stereocenters. The Morgan fingerprint density at radius 2 is 1.76 bits per heavy atom. The summed E-state index contributed by atoms with van der Waals surface area (Å²) in [5.41, 5.74) is 4.19. The van der Waals surface area contributed by atoms with E-state index in [0.29, 0.717) is 36.1 Å². The number of carbonyl (C=O) groups is 1. The van der Waals surface area contributed by atoms with Crippen molar-refractivity contribution in [2.45, 2.75) is 32.7 Å². The summed E-state index contributed by atoms with van der Waals surface area (Å²) in [5, 5.41) is 20.8. The van der Waals surface area contributed by atoms with Gasteiger partial charge in [0.1, 0.15) is 16.9 Å². The van der Waals surface area contributed by atoms with Crippen molar-refractivity contribution in [3.63, 3.8) is 0 Å². The first-order chi connectivity index (χ1) is 16.7. The molecule has 10 nitrogen and oxygen atoms in total. The highest BCUT2D eigenvalue weighted by Gasteiger charge is 2.20. The number of aryl methyl sites for hydroxylation is 1. The highest BCUT2D eigenvalue weighted by Crippen LogP contribution is 2.33. The van der Waals surface area contributed by atoms with E-state index in [2.05, 4.69) is 42.7 Å². The third-order valence-corrected chi connectivity index (χ3v) is 5.80. The fraction of sp³-hybridized carbons (Fsp3) is 0.208. The van der Waals surface area contributed by atoms with Crippen LogP contribution in [0.15, 0.2) is 53.3 Å². The predicted octanol–water partition coefficient (Wildman–Crippen LogP) is 3.17. The zero-order valence-electron chi connectivity index (χ0n) is 18.5. The van der Waals surface area contributed by atoms with Crippen LogP contribution in [0.5, 0.6) is 0 Å². The first-order valence-electron chi connectivity index (χ1n) is 11.0. The van der Waals surface area contributed by atoms with Gasteiger partial charge in [-0.05, 0) is 28.3 Å². The Balaban J connectivity index is 1.68. The number of nitrogens with one attached hydrogen (secondary N) is 2. The van der Waals surface area contributed by atoms with Crippen molar-refractivity contribution in [2.24, 2.45) is 0 Å². The molecule has 10 heteroatoms. The maximum Gasteiger partial charge on any atom is 0.290 e. The second kappa shape index (κ2) is 9.18. The lowest BCUT2D eigenvalue weighted by Crippen LogP contribution is -2.16. The van der Waals surface area contributed by atoms with Crippen LogP contribution in [0, 0.1) is 0 Å². The molecule has 0 aliphatic heterocycles. The molecule has 34 heavy (non-hydrogen) atoms. The van der Waals surface area contributed by atoms with Gasteiger partial charge in [0.25, 0.3) is 5.56 Å². The number of unbranched alkanes of at least 4 members (excludes halogenated alkanes) is 1. The lowest BCUT2D eigenvalue weighted by molar-refractivity contribution is 0.111. The van der Waals surface area contributed by atoms with Crippen LogP contribution in [0.1, 0.15) is 41.6 Å². The van der Waals surface area contributed by atoms with Crippen molar-refractivity contribution >= 4 is 17.3 Å². The smallest absolute Gasteiger partial charge is 0.290 e. The molecule has 5 rings (SSSR count). The highest BCUT2D eigenvalue weighted by atomic mass is 16.1. The van der Waals surface area contributed by atoms with Crippen LogP contribution in [0.25, 0.3) is 33.5 Å². The van der Waals surface area contributed by atoms with Gasteiger partial charge in [-0.2, -0.15) is 10.3 Å². The van der Waals surface area contributed by atoms with Crippen LogP contribution in [0.2, 0.25) is 0 Å². The zero-order chi connectivity index (χ0) is 23.5. The molecule has 2 aromatic carbocycles. The number of carbonyl (C=O) groups excluding carboxylic acids is 1. The largest absolute Gasteiger partial charge is 0.319 e. The van der Waals surface area contributed by atoms with Gasteiger partial charge in [0.15, 0.2) is 12.0 Å². The van der Waals surface area contributed by atoms with Gasteiger partial charge in [0, 0.05) is 12.0 Å². The molecule has 0 unspecified atom stereocenters. The Morgan fingerprint density at radius 3 is 2.50 bits per heavy atom. The van der Waals surface area contributed by atoms with Crippen molar-refractivity contribution in [2.75, 3.05) is 0 Å². The van der Waals surface area contributed by atoms with Gasteiger partial charge in [-0.3, -0.25) is 9.59 Å². The number of aromatic nitrogens is 8. The number of aromatic amines is 2. The summed E-state index contributed by atoms with van der Waals surface area (Å²) in [5.74, 6) is 1.25. The van der Waals surface area contributed by atoms with Crippen LogP contribution in [0.4, 0.5) is 0 Å². The number of benzene rings is 2. The Kier molecular flexibility index (Phi) is 5.77. The molecule has 0 aliphatic carbocycles. The Labute approximate surface area is 194 Å². The van der Waals surface area contributed by atoms with Crippen LogP contribution < -0.4 is 5.56 Å².